The number of aliphatic hydroxyl groups is 2. The summed E-state index contributed by atoms with van der Waals surface area (Å²) in [4.78, 5) is 0. The number of benzene rings is 1. The minimum absolute atomic E-state index is 0.0797. The second kappa shape index (κ2) is 5.41. The Morgan fingerprint density at radius 3 is 2.28 bits per heavy atom. The van der Waals surface area contributed by atoms with Gasteiger partial charge in [-0.15, -0.1) is 0 Å². The molecular weight excluding hydrogens is 318 g/mol. The van der Waals surface area contributed by atoms with Gasteiger partial charge < -0.3 is 10.2 Å². The summed E-state index contributed by atoms with van der Waals surface area (Å²) in [7, 11) is 0. The Morgan fingerprint density at radius 2 is 1.61 bits per heavy atom. The van der Waals surface area contributed by atoms with Crippen molar-refractivity contribution >= 4 is 52.0 Å². The quantitative estimate of drug-likeness (QED) is 0.824. The lowest BCUT2D eigenvalue weighted by atomic mass is 9.96. The first-order chi connectivity index (χ1) is 8.41. The van der Waals surface area contributed by atoms with E-state index in [9.17, 15) is 10.2 Å². The van der Waals surface area contributed by atoms with Gasteiger partial charge in [-0.1, -0.05) is 46.4 Å². The second-order valence-electron chi connectivity index (χ2n) is 3.80. The predicted molar refractivity (Wildman–Crippen MR) is 75.2 cm³/mol. The van der Waals surface area contributed by atoms with Crippen molar-refractivity contribution in [2.45, 2.75) is 12.2 Å². The molecule has 1 aliphatic rings. The van der Waals surface area contributed by atoms with E-state index in [0.29, 0.717) is 21.2 Å². The highest BCUT2D eigenvalue weighted by molar-refractivity contribution is 6.39. The van der Waals surface area contributed by atoms with Gasteiger partial charge in [-0.2, -0.15) is 0 Å². The molecule has 0 saturated heterocycles. The van der Waals surface area contributed by atoms with E-state index in [0.717, 1.165) is 0 Å². The van der Waals surface area contributed by atoms with E-state index in [1.54, 1.807) is 18.2 Å². The largest absolute Gasteiger partial charge is 0.384 e. The van der Waals surface area contributed by atoms with Crippen LogP contribution >= 0.6 is 46.4 Å². The van der Waals surface area contributed by atoms with Gasteiger partial charge in [0.25, 0.3) is 0 Å². The van der Waals surface area contributed by atoms with E-state index in [4.69, 9.17) is 46.4 Å². The molecule has 0 amide bonds. The zero-order valence-corrected chi connectivity index (χ0v) is 11.9. The molecule has 1 aromatic carbocycles. The fourth-order valence-electron chi connectivity index (χ4n) is 1.65. The smallest absolute Gasteiger partial charge is 0.121 e. The highest BCUT2D eigenvalue weighted by atomic mass is 35.5. The number of hydrogen-bond acceptors (Lipinski definition) is 2. The molecule has 0 aliphatic heterocycles. The molecule has 1 aromatic rings. The summed E-state index contributed by atoms with van der Waals surface area (Å²) in [6.45, 7) is 0. The molecule has 0 fully saturated rings. The third-order valence-corrected chi connectivity index (χ3v) is 3.92. The van der Waals surface area contributed by atoms with Crippen molar-refractivity contribution in [3.05, 3.63) is 49.9 Å². The van der Waals surface area contributed by atoms with Crippen LogP contribution in [0.25, 0.3) is 5.57 Å². The Labute approximate surface area is 124 Å². The highest BCUT2D eigenvalue weighted by Gasteiger charge is 2.30. The van der Waals surface area contributed by atoms with Crippen LogP contribution in [0.2, 0.25) is 10.0 Å². The number of hydrogen-bond donors (Lipinski definition) is 2. The number of aliphatic hydroxyl groups excluding tert-OH is 2. The topological polar surface area (TPSA) is 40.5 Å². The Hall–Kier alpha value is -0.220. The molecule has 2 nitrogen and oxygen atoms in total. The molecule has 96 valence electrons. The van der Waals surface area contributed by atoms with Crippen LogP contribution in [0.3, 0.4) is 0 Å². The summed E-state index contributed by atoms with van der Waals surface area (Å²) in [6, 6.07) is 4.88. The minimum Gasteiger partial charge on any atom is -0.384 e. The van der Waals surface area contributed by atoms with Crippen molar-refractivity contribution in [2.24, 2.45) is 0 Å². The Balaban J connectivity index is 2.60. The van der Waals surface area contributed by atoms with Gasteiger partial charge in [-0.25, -0.2) is 0 Å². The molecule has 0 radical (unpaired) electrons. The van der Waals surface area contributed by atoms with Crippen LogP contribution in [0.4, 0.5) is 0 Å². The first-order valence-corrected chi connectivity index (χ1v) is 6.51. The molecule has 2 rings (SSSR count). The summed E-state index contributed by atoms with van der Waals surface area (Å²) in [5.74, 6) is 0. The lowest BCUT2D eigenvalue weighted by Gasteiger charge is -2.24. The van der Waals surface area contributed by atoms with Gasteiger partial charge in [-0.05, 0) is 24.3 Å². The summed E-state index contributed by atoms with van der Waals surface area (Å²) in [6.07, 6.45) is -1.02. The van der Waals surface area contributed by atoms with Gasteiger partial charge in [0.1, 0.15) is 12.2 Å². The maximum atomic E-state index is 9.77. The van der Waals surface area contributed by atoms with Crippen LogP contribution in [0.5, 0.6) is 0 Å². The van der Waals surface area contributed by atoms with Crippen molar-refractivity contribution in [2.75, 3.05) is 0 Å². The molecule has 0 bridgehead atoms. The highest BCUT2D eigenvalue weighted by Crippen LogP contribution is 2.38. The number of allylic oxidation sites excluding steroid dienone is 2. The average Bonchev–Trinajstić information content (AvgIpc) is 2.34. The normalized spacial score (nSPS) is 24.2. The second-order valence-corrected chi connectivity index (χ2v) is 5.49. The maximum Gasteiger partial charge on any atom is 0.121 e. The van der Waals surface area contributed by atoms with E-state index in [-0.39, 0.29) is 10.1 Å². The summed E-state index contributed by atoms with van der Waals surface area (Å²) < 4.78 is 0. The maximum absolute atomic E-state index is 9.77. The van der Waals surface area contributed by atoms with E-state index >= 15 is 0 Å². The monoisotopic (exact) mass is 324 g/mol. The summed E-state index contributed by atoms with van der Waals surface area (Å²) in [5, 5.41) is 20.4. The molecule has 1 aliphatic carbocycles. The summed E-state index contributed by atoms with van der Waals surface area (Å²) >= 11 is 23.8. The van der Waals surface area contributed by atoms with Crippen molar-refractivity contribution in [3.63, 3.8) is 0 Å². The van der Waals surface area contributed by atoms with Crippen LogP contribution in [0, 0.1) is 0 Å². The first-order valence-electron chi connectivity index (χ1n) is 5.00. The van der Waals surface area contributed by atoms with E-state index in [2.05, 4.69) is 0 Å². The molecular formula is C12H8Cl4O2. The lowest BCUT2D eigenvalue weighted by molar-refractivity contribution is 0.0740. The van der Waals surface area contributed by atoms with E-state index in [1.807, 2.05) is 0 Å². The van der Waals surface area contributed by atoms with Gasteiger partial charge in [-0.3, -0.25) is 0 Å². The Morgan fingerprint density at radius 1 is 0.944 bits per heavy atom. The average molecular weight is 326 g/mol. The van der Waals surface area contributed by atoms with Crippen molar-refractivity contribution in [1.82, 2.24) is 0 Å². The molecule has 0 spiro atoms. The van der Waals surface area contributed by atoms with Gasteiger partial charge in [0.05, 0.1) is 10.1 Å². The van der Waals surface area contributed by atoms with Gasteiger partial charge in [0.2, 0.25) is 0 Å². The molecule has 2 N–H and O–H groups in total. The van der Waals surface area contributed by atoms with Crippen molar-refractivity contribution in [3.8, 4) is 0 Å². The van der Waals surface area contributed by atoms with Crippen LogP contribution in [-0.2, 0) is 0 Å². The SMILES string of the molecule is O[C@@H]1C(Cl)=C(c2cc(Cl)ccc2Cl)C=C(Cl)[C@@H]1O. The third-order valence-electron chi connectivity index (χ3n) is 2.60. The van der Waals surface area contributed by atoms with Gasteiger partial charge in [0.15, 0.2) is 0 Å². The number of halogens is 4. The lowest BCUT2D eigenvalue weighted by Crippen LogP contribution is -2.29. The van der Waals surface area contributed by atoms with Gasteiger partial charge in [0, 0.05) is 21.2 Å². The molecule has 2 atom stereocenters. The summed E-state index contributed by atoms with van der Waals surface area (Å²) in [5.41, 5.74) is 1.00. The molecule has 0 aromatic heterocycles. The molecule has 0 heterocycles. The van der Waals surface area contributed by atoms with Crippen LogP contribution in [0.15, 0.2) is 34.3 Å². The van der Waals surface area contributed by atoms with E-state index in [1.165, 1.54) is 6.08 Å². The van der Waals surface area contributed by atoms with Crippen LogP contribution < -0.4 is 0 Å². The molecule has 0 saturated carbocycles. The Kier molecular flexibility index (Phi) is 4.27. The fraction of sp³-hybridized carbons (Fsp3) is 0.167. The van der Waals surface area contributed by atoms with Crippen LogP contribution in [0.1, 0.15) is 5.56 Å². The molecule has 18 heavy (non-hydrogen) atoms. The van der Waals surface area contributed by atoms with Crippen molar-refractivity contribution in [1.29, 1.82) is 0 Å². The standard InChI is InChI=1S/C12H8Cl4O2/c13-5-1-2-8(14)6(3-5)7-4-9(15)11(17)12(18)10(7)16/h1-4,11-12,17-18H/t11-,12+/m0/s1. The zero-order chi connectivity index (χ0) is 13.4. The molecule has 0 unspecified atom stereocenters. The fourth-order valence-corrected chi connectivity index (χ4v) is 2.55. The number of rotatable bonds is 1. The van der Waals surface area contributed by atoms with Crippen molar-refractivity contribution < 1.29 is 10.2 Å². The molecule has 6 heteroatoms. The Bertz CT molecular complexity index is 551. The minimum atomic E-state index is -1.27. The predicted octanol–water partition coefficient (Wildman–Crippen LogP) is 3.80. The van der Waals surface area contributed by atoms with Crippen LogP contribution in [-0.4, -0.2) is 22.4 Å². The zero-order valence-electron chi connectivity index (χ0n) is 8.87. The van der Waals surface area contributed by atoms with Gasteiger partial charge >= 0.3 is 0 Å². The third kappa shape index (κ3) is 2.55. The first kappa shape index (κ1) is 14.2. The van der Waals surface area contributed by atoms with E-state index < -0.39 is 12.2 Å².